The monoisotopic (exact) mass is 214 g/mol. The van der Waals surface area contributed by atoms with E-state index in [4.69, 9.17) is 14.6 Å². The minimum atomic E-state index is -1.14. The number of methoxy groups -OCH3 is 2. The summed E-state index contributed by atoms with van der Waals surface area (Å²) in [5.41, 5.74) is 0.972. The molecule has 0 saturated heterocycles. The van der Waals surface area contributed by atoms with Crippen LogP contribution in [0.4, 0.5) is 4.39 Å². The summed E-state index contributed by atoms with van der Waals surface area (Å²) in [5.74, 6) is 0.929. The van der Waals surface area contributed by atoms with E-state index in [1.807, 2.05) is 0 Å². The topological polar surface area (TPSA) is 38.7 Å². The predicted molar refractivity (Wildman–Crippen MR) is 55.0 cm³/mol. The number of rotatable bonds is 4. The quantitative estimate of drug-likeness (QED) is 0.835. The summed E-state index contributed by atoms with van der Waals surface area (Å²) >= 11 is 0. The van der Waals surface area contributed by atoms with Gasteiger partial charge in [-0.25, -0.2) is 4.39 Å². The standard InChI is InChI=1S/C11H15FO3/c1-7(12)9-4-8(6-13)10(14-2)5-11(9)15-3/h4-5,7,13H,6H2,1-3H3. The van der Waals surface area contributed by atoms with Crippen LogP contribution in [0.5, 0.6) is 11.5 Å². The van der Waals surface area contributed by atoms with Gasteiger partial charge in [0.2, 0.25) is 0 Å². The minimum absolute atomic E-state index is 0.188. The van der Waals surface area contributed by atoms with Gasteiger partial charge in [0.25, 0.3) is 0 Å². The highest BCUT2D eigenvalue weighted by Gasteiger charge is 2.14. The number of hydrogen-bond acceptors (Lipinski definition) is 3. The Morgan fingerprint density at radius 3 is 2.27 bits per heavy atom. The van der Waals surface area contributed by atoms with Crippen molar-refractivity contribution < 1.29 is 19.0 Å². The molecule has 1 unspecified atom stereocenters. The van der Waals surface area contributed by atoms with Crippen LogP contribution in [-0.4, -0.2) is 19.3 Å². The van der Waals surface area contributed by atoms with E-state index in [2.05, 4.69) is 0 Å². The van der Waals surface area contributed by atoms with Gasteiger partial charge in [-0.3, -0.25) is 0 Å². The Kier molecular flexibility index (Phi) is 3.91. The predicted octanol–water partition coefficient (Wildman–Crippen LogP) is 2.23. The molecule has 1 rings (SSSR count). The molecule has 0 fully saturated rings. The average molecular weight is 214 g/mol. The second-order valence-electron chi connectivity index (χ2n) is 3.18. The maximum Gasteiger partial charge on any atom is 0.128 e. The first-order chi connectivity index (χ1) is 7.13. The zero-order valence-electron chi connectivity index (χ0n) is 9.08. The number of aliphatic hydroxyl groups is 1. The van der Waals surface area contributed by atoms with Crippen molar-refractivity contribution in [1.82, 2.24) is 0 Å². The number of benzene rings is 1. The number of hydrogen-bond donors (Lipinski definition) is 1. The maximum atomic E-state index is 13.2. The molecule has 4 heteroatoms. The van der Waals surface area contributed by atoms with Gasteiger partial charge in [-0.15, -0.1) is 0 Å². The molecule has 0 bridgehead atoms. The van der Waals surface area contributed by atoms with Crippen LogP contribution in [0, 0.1) is 0 Å². The van der Waals surface area contributed by atoms with Gasteiger partial charge in [-0.1, -0.05) is 0 Å². The molecule has 15 heavy (non-hydrogen) atoms. The molecule has 0 aliphatic carbocycles. The SMILES string of the molecule is COc1cc(OC)c(C(C)F)cc1CO. The molecule has 0 aromatic heterocycles. The summed E-state index contributed by atoms with van der Waals surface area (Å²) in [4.78, 5) is 0. The molecule has 1 atom stereocenters. The molecule has 1 aromatic rings. The second-order valence-corrected chi connectivity index (χ2v) is 3.18. The van der Waals surface area contributed by atoms with Gasteiger partial charge in [0.15, 0.2) is 0 Å². The van der Waals surface area contributed by atoms with Crippen LogP contribution in [0.3, 0.4) is 0 Å². The summed E-state index contributed by atoms with van der Waals surface area (Å²) in [6.45, 7) is 1.23. The molecule has 0 aliphatic heterocycles. The highest BCUT2D eigenvalue weighted by atomic mass is 19.1. The summed E-state index contributed by atoms with van der Waals surface area (Å²) in [7, 11) is 2.96. The molecule has 3 nitrogen and oxygen atoms in total. The summed E-state index contributed by atoms with van der Waals surface area (Å²) in [6.07, 6.45) is -1.14. The highest BCUT2D eigenvalue weighted by Crippen LogP contribution is 2.34. The Morgan fingerprint density at radius 1 is 1.27 bits per heavy atom. The van der Waals surface area contributed by atoms with E-state index in [1.54, 1.807) is 12.1 Å². The molecule has 0 spiro atoms. The highest BCUT2D eigenvalue weighted by molar-refractivity contribution is 5.47. The van der Waals surface area contributed by atoms with Crippen LogP contribution in [0.25, 0.3) is 0 Å². The van der Waals surface area contributed by atoms with E-state index in [1.165, 1.54) is 21.1 Å². The van der Waals surface area contributed by atoms with E-state index in [-0.39, 0.29) is 6.61 Å². The van der Waals surface area contributed by atoms with Crippen molar-refractivity contribution >= 4 is 0 Å². The first-order valence-electron chi connectivity index (χ1n) is 4.63. The van der Waals surface area contributed by atoms with Gasteiger partial charge >= 0.3 is 0 Å². The van der Waals surface area contributed by atoms with Crippen molar-refractivity contribution in [2.75, 3.05) is 14.2 Å². The van der Waals surface area contributed by atoms with Gasteiger partial charge in [-0.05, 0) is 13.0 Å². The molecule has 0 amide bonds. The normalized spacial score (nSPS) is 12.3. The lowest BCUT2D eigenvalue weighted by Crippen LogP contribution is -1.99. The summed E-state index contributed by atoms with van der Waals surface area (Å²) < 4.78 is 23.3. The fraction of sp³-hybridized carbons (Fsp3) is 0.455. The molecule has 1 aromatic carbocycles. The molecule has 1 N–H and O–H groups in total. The lowest BCUT2D eigenvalue weighted by atomic mass is 10.1. The number of halogens is 1. The molecular weight excluding hydrogens is 199 g/mol. The molecule has 0 radical (unpaired) electrons. The van der Waals surface area contributed by atoms with Crippen LogP contribution >= 0.6 is 0 Å². The fourth-order valence-corrected chi connectivity index (χ4v) is 1.43. The van der Waals surface area contributed by atoms with E-state index >= 15 is 0 Å². The smallest absolute Gasteiger partial charge is 0.128 e. The van der Waals surface area contributed by atoms with Gasteiger partial charge in [-0.2, -0.15) is 0 Å². The van der Waals surface area contributed by atoms with Crippen LogP contribution in [-0.2, 0) is 6.61 Å². The zero-order chi connectivity index (χ0) is 11.4. The van der Waals surface area contributed by atoms with Crippen LogP contribution in [0.1, 0.15) is 24.2 Å². The molecule has 0 aliphatic rings. The van der Waals surface area contributed by atoms with E-state index in [0.717, 1.165) is 0 Å². The Balaban J connectivity index is 3.27. The van der Waals surface area contributed by atoms with E-state index < -0.39 is 6.17 Å². The number of alkyl halides is 1. The van der Waals surface area contributed by atoms with Crippen LogP contribution in [0.2, 0.25) is 0 Å². The minimum Gasteiger partial charge on any atom is -0.496 e. The van der Waals surface area contributed by atoms with Gasteiger partial charge in [0.1, 0.15) is 17.7 Å². The first kappa shape index (κ1) is 11.8. The van der Waals surface area contributed by atoms with E-state index in [9.17, 15) is 4.39 Å². The van der Waals surface area contributed by atoms with Gasteiger partial charge in [0.05, 0.1) is 20.8 Å². The first-order valence-corrected chi connectivity index (χ1v) is 4.63. The average Bonchev–Trinajstić information content (AvgIpc) is 2.26. The van der Waals surface area contributed by atoms with Crippen LogP contribution < -0.4 is 9.47 Å². The van der Waals surface area contributed by atoms with Gasteiger partial charge in [0, 0.05) is 17.2 Å². The number of aliphatic hydroxyl groups excluding tert-OH is 1. The van der Waals surface area contributed by atoms with E-state index in [0.29, 0.717) is 22.6 Å². The lowest BCUT2D eigenvalue weighted by molar-refractivity contribution is 0.272. The fourth-order valence-electron chi connectivity index (χ4n) is 1.43. The molecule has 84 valence electrons. The third-order valence-corrected chi connectivity index (χ3v) is 2.23. The van der Waals surface area contributed by atoms with Crippen molar-refractivity contribution in [2.45, 2.75) is 19.7 Å². The summed E-state index contributed by atoms with van der Waals surface area (Å²) in [6, 6.07) is 3.14. The third kappa shape index (κ3) is 2.39. The zero-order valence-corrected chi connectivity index (χ0v) is 9.08. The van der Waals surface area contributed by atoms with Crippen molar-refractivity contribution in [1.29, 1.82) is 0 Å². The van der Waals surface area contributed by atoms with Crippen molar-refractivity contribution in [3.63, 3.8) is 0 Å². The maximum absolute atomic E-state index is 13.2. The molecule has 0 heterocycles. The van der Waals surface area contributed by atoms with Crippen molar-refractivity contribution in [2.24, 2.45) is 0 Å². The van der Waals surface area contributed by atoms with Crippen LogP contribution in [0.15, 0.2) is 12.1 Å². The lowest BCUT2D eigenvalue weighted by Gasteiger charge is -2.14. The number of ether oxygens (including phenoxy) is 2. The molecular formula is C11H15FO3. The largest absolute Gasteiger partial charge is 0.496 e. The van der Waals surface area contributed by atoms with Crippen molar-refractivity contribution in [3.05, 3.63) is 23.3 Å². The Bertz CT molecular complexity index is 337. The summed E-state index contributed by atoms with van der Waals surface area (Å²) in [5, 5.41) is 9.08. The Labute approximate surface area is 88.4 Å². The third-order valence-electron chi connectivity index (χ3n) is 2.23. The Hall–Kier alpha value is -1.29. The second kappa shape index (κ2) is 4.98. The Morgan fingerprint density at radius 2 is 1.87 bits per heavy atom. The van der Waals surface area contributed by atoms with Crippen molar-refractivity contribution in [3.8, 4) is 11.5 Å². The van der Waals surface area contributed by atoms with Gasteiger partial charge < -0.3 is 14.6 Å². The molecule has 0 saturated carbocycles.